The molecule has 1 unspecified atom stereocenters. The van der Waals surface area contributed by atoms with Crippen LogP contribution in [0.5, 0.6) is 11.5 Å². The normalized spacial score (nSPS) is 11.8. The first kappa shape index (κ1) is 19.8. The Morgan fingerprint density at radius 2 is 1.75 bits per heavy atom. The minimum Gasteiger partial charge on any atom is -0.493 e. The minimum absolute atomic E-state index is 0.107. The van der Waals surface area contributed by atoms with Gasteiger partial charge in [0.1, 0.15) is 6.04 Å². The quantitative estimate of drug-likeness (QED) is 0.787. The minimum atomic E-state index is -0.532. The molecular formula is C18H28N2O4. The van der Waals surface area contributed by atoms with Crippen LogP contribution in [0, 0.1) is 5.92 Å². The molecule has 0 spiro atoms. The van der Waals surface area contributed by atoms with Gasteiger partial charge in [0, 0.05) is 19.5 Å². The zero-order valence-corrected chi connectivity index (χ0v) is 15.4. The summed E-state index contributed by atoms with van der Waals surface area (Å²) in [5.41, 5.74) is 1.05. The van der Waals surface area contributed by atoms with Crippen LogP contribution in [0.25, 0.3) is 0 Å². The van der Waals surface area contributed by atoms with E-state index in [0.717, 1.165) is 5.56 Å². The van der Waals surface area contributed by atoms with E-state index in [-0.39, 0.29) is 17.7 Å². The van der Waals surface area contributed by atoms with Crippen LogP contribution >= 0.6 is 0 Å². The average Bonchev–Trinajstić information content (AvgIpc) is 2.58. The van der Waals surface area contributed by atoms with Gasteiger partial charge in [-0.3, -0.25) is 9.59 Å². The number of hydrogen-bond donors (Lipinski definition) is 1. The van der Waals surface area contributed by atoms with E-state index < -0.39 is 6.04 Å². The van der Waals surface area contributed by atoms with E-state index in [1.807, 2.05) is 18.2 Å². The van der Waals surface area contributed by atoms with Crippen molar-refractivity contribution in [1.29, 1.82) is 0 Å². The maximum absolute atomic E-state index is 12.3. The van der Waals surface area contributed by atoms with Crippen LogP contribution in [0.1, 0.15) is 26.3 Å². The van der Waals surface area contributed by atoms with Gasteiger partial charge in [0.2, 0.25) is 11.8 Å². The van der Waals surface area contributed by atoms with Crippen LogP contribution in [-0.4, -0.2) is 50.6 Å². The van der Waals surface area contributed by atoms with Crippen molar-refractivity contribution in [3.05, 3.63) is 23.8 Å². The van der Waals surface area contributed by atoms with Gasteiger partial charge in [-0.1, -0.05) is 19.9 Å². The van der Waals surface area contributed by atoms with E-state index in [4.69, 9.17) is 9.47 Å². The van der Waals surface area contributed by atoms with Crippen LogP contribution < -0.4 is 14.8 Å². The number of amides is 2. The lowest BCUT2D eigenvalue weighted by Crippen LogP contribution is -2.47. The highest BCUT2D eigenvalue weighted by atomic mass is 16.5. The van der Waals surface area contributed by atoms with E-state index >= 15 is 0 Å². The number of benzene rings is 1. The highest BCUT2D eigenvalue weighted by Gasteiger charge is 2.20. The second-order valence-corrected chi connectivity index (χ2v) is 6.08. The summed E-state index contributed by atoms with van der Waals surface area (Å²) in [6.45, 7) is 5.85. The largest absolute Gasteiger partial charge is 0.493 e. The van der Waals surface area contributed by atoms with Crippen molar-refractivity contribution in [2.24, 2.45) is 5.92 Å². The monoisotopic (exact) mass is 336 g/mol. The van der Waals surface area contributed by atoms with Gasteiger partial charge in [0.25, 0.3) is 0 Å². The van der Waals surface area contributed by atoms with Crippen LogP contribution in [0.2, 0.25) is 0 Å². The van der Waals surface area contributed by atoms with Gasteiger partial charge < -0.3 is 19.7 Å². The summed E-state index contributed by atoms with van der Waals surface area (Å²) < 4.78 is 10.5. The molecule has 1 aromatic rings. The number of nitrogens with zero attached hydrogens (tertiary/aromatic N) is 1. The molecule has 6 nitrogen and oxygen atoms in total. The summed E-state index contributed by atoms with van der Waals surface area (Å²) >= 11 is 0. The first-order chi connectivity index (χ1) is 11.3. The molecular weight excluding hydrogens is 308 g/mol. The van der Waals surface area contributed by atoms with Gasteiger partial charge >= 0.3 is 0 Å². The Labute approximate surface area is 144 Å². The highest BCUT2D eigenvalue weighted by molar-refractivity contribution is 5.87. The number of nitrogens with one attached hydrogen (secondary N) is 1. The maximum atomic E-state index is 12.3. The van der Waals surface area contributed by atoms with Gasteiger partial charge in [-0.25, -0.2) is 0 Å². The van der Waals surface area contributed by atoms with Crippen molar-refractivity contribution >= 4 is 11.8 Å². The number of ether oxygens (including phenoxy) is 2. The standard InChI is InChI=1S/C18H28N2O4/c1-12(2)17(21)19-13(3)18(22)20(4)10-9-14-7-8-15(23-5)16(11-14)24-6/h7-8,11-13H,9-10H2,1-6H3,(H,19,21). The highest BCUT2D eigenvalue weighted by Crippen LogP contribution is 2.27. The molecule has 0 heterocycles. The number of carbonyl (C=O) groups excluding carboxylic acids is 2. The van der Waals surface area contributed by atoms with E-state index in [0.29, 0.717) is 24.5 Å². The molecule has 2 amide bonds. The van der Waals surface area contributed by atoms with Gasteiger partial charge in [-0.2, -0.15) is 0 Å². The number of methoxy groups -OCH3 is 2. The smallest absolute Gasteiger partial charge is 0.244 e. The topological polar surface area (TPSA) is 67.9 Å². The molecule has 134 valence electrons. The van der Waals surface area contributed by atoms with Crippen molar-refractivity contribution in [2.45, 2.75) is 33.2 Å². The molecule has 0 saturated heterocycles. The summed E-state index contributed by atoms with van der Waals surface area (Å²) in [5, 5.41) is 2.72. The molecule has 1 atom stereocenters. The molecule has 0 bridgehead atoms. The predicted octanol–water partition coefficient (Wildman–Crippen LogP) is 1.87. The third-order valence-electron chi connectivity index (χ3n) is 3.81. The van der Waals surface area contributed by atoms with Crippen LogP contribution in [0.15, 0.2) is 18.2 Å². The lowest BCUT2D eigenvalue weighted by molar-refractivity contribution is -0.135. The van der Waals surface area contributed by atoms with Crippen molar-refractivity contribution in [3.8, 4) is 11.5 Å². The lowest BCUT2D eigenvalue weighted by atomic mass is 10.1. The van der Waals surface area contributed by atoms with Crippen molar-refractivity contribution in [1.82, 2.24) is 10.2 Å². The Hall–Kier alpha value is -2.24. The second kappa shape index (κ2) is 9.15. The van der Waals surface area contributed by atoms with E-state index in [2.05, 4.69) is 5.32 Å². The van der Waals surface area contributed by atoms with Gasteiger partial charge in [-0.05, 0) is 31.0 Å². The Morgan fingerprint density at radius 1 is 1.12 bits per heavy atom. The average molecular weight is 336 g/mol. The van der Waals surface area contributed by atoms with E-state index in [1.165, 1.54) is 0 Å². The van der Waals surface area contributed by atoms with E-state index in [1.54, 1.807) is 46.9 Å². The fraction of sp³-hybridized carbons (Fsp3) is 0.556. The lowest BCUT2D eigenvalue weighted by Gasteiger charge is -2.23. The van der Waals surface area contributed by atoms with Crippen LogP contribution in [0.4, 0.5) is 0 Å². The maximum Gasteiger partial charge on any atom is 0.244 e. The molecule has 24 heavy (non-hydrogen) atoms. The summed E-state index contributed by atoms with van der Waals surface area (Å²) in [7, 11) is 4.92. The summed E-state index contributed by atoms with van der Waals surface area (Å²) in [6.07, 6.45) is 0.688. The first-order valence-electron chi connectivity index (χ1n) is 8.06. The molecule has 0 radical (unpaired) electrons. The molecule has 0 aliphatic carbocycles. The summed E-state index contributed by atoms with van der Waals surface area (Å²) in [4.78, 5) is 25.6. The number of likely N-dealkylation sites (N-methyl/N-ethyl adjacent to an activating group) is 1. The molecule has 1 N–H and O–H groups in total. The van der Waals surface area contributed by atoms with Gasteiger partial charge in [-0.15, -0.1) is 0 Å². The van der Waals surface area contributed by atoms with E-state index in [9.17, 15) is 9.59 Å². The Kier molecular flexibility index (Phi) is 7.55. The SMILES string of the molecule is COc1ccc(CCN(C)C(=O)C(C)NC(=O)C(C)C)cc1OC. The molecule has 1 aromatic carbocycles. The zero-order chi connectivity index (χ0) is 18.3. The number of carbonyl (C=O) groups is 2. The predicted molar refractivity (Wildman–Crippen MR) is 93.3 cm³/mol. The van der Waals surface area contributed by atoms with Crippen molar-refractivity contribution in [3.63, 3.8) is 0 Å². The molecule has 0 aliphatic heterocycles. The van der Waals surface area contributed by atoms with Crippen LogP contribution in [0.3, 0.4) is 0 Å². The molecule has 1 rings (SSSR count). The second-order valence-electron chi connectivity index (χ2n) is 6.08. The fourth-order valence-corrected chi connectivity index (χ4v) is 2.22. The number of hydrogen-bond acceptors (Lipinski definition) is 4. The molecule has 0 aliphatic rings. The van der Waals surface area contributed by atoms with Gasteiger partial charge in [0.15, 0.2) is 11.5 Å². The van der Waals surface area contributed by atoms with Crippen molar-refractivity contribution in [2.75, 3.05) is 27.8 Å². The molecule has 0 fully saturated rings. The molecule has 6 heteroatoms. The van der Waals surface area contributed by atoms with Gasteiger partial charge in [0.05, 0.1) is 14.2 Å². The third-order valence-corrected chi connectivity index (χ3v) is 3.81. The zero-order valence-electron chi connectivity index (χ0n) is 15.4. The Balaban J connectivity index is 2.60. The Bertz CT molecular complexity index is 572. The third kappa shape index (κ3) is 5.44. The Morgan fingerprint density at radius 3 is 2.29 bits per heavy atom. The number of rotatable bonds is 8. The van der Waals surface area contributed by atoms with Crippen molar-refractivity contribution < 1.29 is 19.1 Å². The first-order valence-corrected chi connectivity index (χ1v) is 8.06. The van der Waals surface area contributed by atoms with Crippen LogP contribution in [-0.2, 0) is 16.0 Å². The molecule has 0 saturated carbocycles. The summed E-state index contributed by atoms with van der Waals surface area (Å²) in [5.74, 6) is 0.975. The summed E-state index contributed by atoms with van der Waals surface area (Å²) in [6, 6.07) is 5.17. The fourth-order valence-electron chi connectivity index (χ4n) is 2.22. The molecule has 0 aromatic heterocycles.